The molecule has 3 rings (SSSR count). The number of benzene rings is 2. The molecule has 4 heteroatoms. The van der Waals surface area contributed by atoms with E-state index in [0.717, 1.165) is 34.5 Å². The van der Waals surface area contributed by atoms with Crippen molar-refractivity contribution in [2.45, 2.75) is 39.7 Å². The third-order valence-corrected chi connectivity index (χ3v) is 4.17. The fourth-order valence-corrected chi connectivity index (χ4v) is 3.00. The second-order valence-corrected chi connectivity index (χ2v) is 6.20. The highest BCUT2D eigenvalue weighted by Gasteiger charge is 2.13. The van der Waals surface area contributed by atoms with Crippen LogP contribution in [-0.2, 0) is 12.8 Å². The molecule has 2 aromatic carbocycles. The van der Waals surface area contributed by atoms with Crippen molar-refractivity contribution < 1.29 is 9.90 Å². The summed E-state index contributed by atoms with van der Waals surface area (Å²) in [5.41, 5.74) is 4.67. The van der Waals surface area contributed by atoms with E-state index in [1.54, 1.807) is 13.8 Å². The van der Waals surface area contributed by atoms with E-state index in [-0.39, 0.29) is 11.9 Å². The van der Waals surface area contributed by atoms with Gasteiger partial charge in [-0.1, -0.05) is 19.1 Å². The molecule has 0 spiro atoms. The molecule has 124 valence electrons. The van der Waals surface area contributed by atoms with E-state index in [9.17, 15) is 9.90 Å². The summed E-state index contributed by atoms with van der Waals surface area (Å²) < 4.78 is 2.13. The van der Waals surface area contributed by atoms with Gasteiger partial charge in [0.25, 0.3) is 0 Å². The lowest BCUT2D eigenvalue weighted by molar-refractivity contribution is 0.101. The molecule has 1 heterocycles. The molecule has 0 saturated carbocycles. The average molecular weight is 322 g/mol. The molecule has 1 aromatic heterocycles. The zero-order chi connectivity index (χ0) is 17.3. The van der Waals surface area contributed by atoms with Gasteiger partial charge in [0, 0.05) is 17.7 Å². The van der Waals surface area contributed by atoms with Crippen LogP contribution in [0.15, 0.2) is 42.5 Å². The molecule has 0 saturated heterocycles. The Morgan fingerprint density at radius 2 is 1.92 bits per heavy atom. The van der Waals surface area contributed by atoms with Crippen LogP contribution in [0.3, 0.4) is 0 Å². The van der Waals surface area contributed by atoms with Crippen molar-refractivity contribution in [2.24, 2.45) is 0 Å². The first-order valence-electron chi connectivity index (χ1n) is 8.29. The van der Waals surface area contributed by atoms with Gasteiger partial charge in [-0.15, -0.1) is 0 Å². The molecule has 0 bridgehead atoms. The molecule has 0 aliphatic heterocycles. The molecule has 0 aliphatic rings. The van der Waals surface area contributed by atoms with Gasteiger partial charge in [0.05, 0.1) is 17.1 Å². The quantitative estimate of drug-likeness (QED) is 0.729. The standard InChI is InChI=1S/C20H22N2O2/c1-4-20-21-18-12-16(14(3)24)7-10-19(18)22(20)17-8-5-15(6-9-17)11-13(2)23/h5-10,12-13,23H,4,11H2,1-3H3. The van der Waals surface area contributed by atoms with E-state index < -0.39 is 0 Å². The summed E-state index contributed by atoms with van der Waals surface area (Å²) in [5, 5.41) is 9.51. The van der Waals surface area contributed by atoms with Crippen molar-refractivity contribution in [3.8, 4) is 5.69 Å². The molecule has 1 atom stereocenters. The van der Waals surface area contributed by atoms with E-state index in [4.69, 9.17) is 4.98 Å². The van der Waals surface area contributed by atoms with Gasteiger partial charge in [-0.2, -0.15) is 0 Å². The number of Topliss-reactive ketones (excluding diaryl/α,β-unsaturated/α-hetero) is 1. The number of imidazole rings is 1. The maximum Gasteiger partial charge on any atom is 0.159 e. The molecule has 1 N–H and O–H groups in total. The first-order valence-corrected chi connectivity index (χ1v) is 8.29. The number of fused-ring (bicyclic) bond motifs is 1. The summed E-state index contributed by atoms with van der Waals surface area (Å²) in [6.45, 7) is 5.43. The maximum absolute atomic E-state index is 11.6. The normalized spacial score (nSPS) is 12.5. The fraction of sp³-hybridized carbons (Fsp3) is 0.300. The Morgan fingerprint density at radius 1 is 1.21 bits per heavy atom. The first kappa shape index (κ1) is 16.4. The Kier molecular flexibility index (Phi) is 4.49. The lowest BCUT2D eigenvalue weighted by atomic mass is 10.1. The maximum atomic E-state index is 11.6. The van der Waals surface area contributed by atoms with Crippen molar-refractivity contribution in [3.05, 3.63) is 59.4 Å². The highest BCUT2D eigenvalue weighted by molar-refractivity contribution is 5.97. The Morgan fingerprint density at radius 3 is 2.50 bits per heavy atom. The molecular formula is C20H22N2O2. The molecule has 3 aromatic rings. The lowest BCUT2D eigenvalue weighted by Crippen LogP contribution is -2.05. The number of aromatic nitrogens is 2. The third kappa shape index (κ3) is 3.10. The van der Waals surface area contributed by atoms with E-state index in [0.29, 0.717) is 12.0 Å². The second kappa shape index (κ2) is 6.57. The van der Waals surface area contributed by atoms with E-state index >= 15 is 0 Å². The Balaban J connectivity index is 2.09. The van der Waals surface area contributed by atoms with Crippen molar-refractivity contribution >= 4 is 16.8 Å². The lowest BCUT2D eigenvalue weighted by Gasteiger charge is -2.10. The summed E-state index contributed by atoms with van der Waals surface area (Å²) in [6, 6.07) is 13.9. The SMILES string of the molecule is CCc1nc2cc(C(C)=O)ccc2n1-c1ccc(CC(C)O)cc1. The van der Waals surface area contributed by atoms with Crippen LogP contribution in [0.25, 0.3) is 16.7 Å². The molecule has 0 aliphatic carbocycles. The molecule has 0 fully saturated rings. The van der Waals surface area contributed by atoms with Crippen LogP contribution in [0.4, 0.5) is 0 Å². The van der Waals surface area contributed by atoms with Gasteiger partial charge in [0.1, 0.15) is 5.82 Å². The van der Waals surface area contributed by atoms with Crippen LogP contribution < -0.4 is 0 Å². The number of rotatable bonds is 5. The van der Waals surface area contributed by atoms with Crippen LogP contribution in [-0.4, -0.2) is 26.5 Å². The highest BCUT2D eigenvalue weighted by atomic mass is 16.3. The van der Waals surface area contributed by atoms with Crippen molar-refractivity contribution in [3.63, 3.8) is 0 Å². The largest absolute Gasteiger partial charge is 0.393 e. The zero-order valence-electron chi connectivity index (χ0n) is 14.3. The Bertz CT molecular complexity index is 877. The molecule has 0 radical (unpaired) electrons. The summed E-state index contributed by atoms with van der Waals surface area (Å²) >= 11 is 0. The molecule has 1 unspecified atom stereocenters. The predicted octanol–water partition coefficient (Wildman–Crippen LogP) is 3.71. The minimum Gasteiger partial charge on any atom is -0.393 e. The van der Waals surface area contributed by atoms with Gasteiger partial charge in [0.2, 0.25) is 0 Å². The zero-order valence-corrected chi connectivity index (χ0v) is 14.3. The minimum atomic E-state index is -0.346. The molecule has 0 amide bonds. The van der Waals surface area contributed by atoms with Gasteiger partial charge >= 0.3 is 0 Å². The monoisotopic (exact) mass is 322 g/mol. The third-order valence-electron chi connectivity index (χ3n) is 4.17. The fourth-order valence-electron chi connectivity index (χ4n) is 3.00. The number of ketones is 1. The van der Waals surface area contributed by atoms with Crippen LogP contribution >= 0.6 is 0 Å². The first-order chi connectivity index (χ1) is 11.5. The summed E-state index contributed by atoms with van der Waals surface area (Å²) in [5.74, 6) is 1.01. The smallest absolute Gasteiger partial charge is 0.159 e. The van der Waals surface area contributed by atoms with E-state index in [2.05, 4.69) is 23.6 Å². The number of nitrogens with zero attached hydrogens (tertiary/aromatic N) is 2. The minimum absolute atomic E-state index is 0.0481. The summed E-state index contributed by atoms with van der Waals surface area (Å²) in [7, 11) is 0. The molecular weight excluding hydrogens is 300 g/mol. The predicted molar refractivity (Wildman–Crippen MR) is 95.8 cm³/mol. The van der Waals surface area contributed by atoms with Gasteiger partial charge in [0.15, 0.2) is 5.78 Å². The van der Waals surface area contributed by atoms with Gasteiger partial charge < -0.3 is 5.11 Å². The van der Waals surface area contributed by atoms with Crippen molar-refractivity contribution in [2.75, 3.05) is 0 Å². The van der Waals surface area contributed by atoms with Crippen molar-refractivity contribution in [1.29, 1.82) is 0 Å². The summed E-state index contributed by atoms with van der Waals surface area (Å²) in [4.78, 5) is 16.3. The molecule has 4 nitrogen and oxygen atoms in total. The summed E-state index contributed by atoms with van der Waals surface area (Å²) in [6.07, 6.45) is 1.11. The van der Waals surface area contributed by atoms with Crippen LogP contribution in [0.2, 0.25) is 0 Å². The average Bonchev–Trinajstić information content (AvgIpc) is 2.92. The van der Waals surface area contributed by atoms with Crippen LogP contribution in [0, 0.1) is 0 Å². The van der Waals surface area contributed by atoms with E-state index in [1.165, 1.54) is 0 Å². The van der Waals surface area contributed by atoms with Crippen LogP contribution in [0.5, 0.6) is 0 Å². The number of carbonyl (C=O) groups is 1. The number of aryl methyl sites for hydroxylation is 1. The van der Waals surface area contributed by atoms with Gasteiger partial charge in [-0.05, 0) is 56.2 Å². The molecule has 24 heavy (non-hydrogen) atoms. The highest BCUT2D eigenvalue weighted by Crippen LogP contribution is 2.24. The second-order valence-electron chi connectivity index (χ2n) is 6.20. The van der Waals surface area contributed by atoms with Gasteiger partial charge in [-0.25, -0.2) is 4.98 Å². The van der Waals surface area contributed by atoms with E-state index in [1.807, 2.05) is 30.3 Å². The number of hydrogen-bond donors (Lipinski definition) is 1. The number of aliphatic hydroxyl groups excluding tert-OH is 1. The number of hydrogen-bond acceptors (Lipinski definition) is 3. The number of aliphatic hydroxyl groups is 1. The Hall–Kier alpha value is -2.46. The topological polar surface area (TPSA) is 55.1 Å². The van der Waals surface area contributed by atoms with Crippen molar-refractivity contribution in [1.82, 2.24) is 9.55 Å². The number of carbonyl (C=O) groups excluding carboxylic acids is 1. The van der Waals surface area contributed by atoms with Crippen LogP contribution in [0.1, 0.15) is 42.5 Å². The van der Waals surface area contributed by atoms with Gasteiger partial charge in [-0.3, -0.25) is 9.36 Å². The Labute approximate surface area is 141 Å².